The molecule has 0 unspecified atom stereocenters. The number of nitrogens with zero attached hydrogens (tertiary/aromatic N) is 1. The van der Waals surface area contributed by atoms with Crippen molar-refractivity contribution in [3.8, 4) is 0 Å². The lowest BCUT2D eigenvalue weighted by Crippen LogP contribution is -2.55. The summed E-state index contributed by atoms with van der Waals surface area (Å²) in [6, 6.07) is -0.189. The average molecular weight is 211 g/mol. The smallest absolute Gasteiger partial charge is 0.410 e. The average Bonchev–Trinajstić information content (AvgIpc) is 2.44. The van der Waals surface area contributed by atoms with Gasteiger partial charge in [-0.15, -0.1) is 6.58 Å². The van der Waals surface area contributed by atoms with Gasteiger partial charge < -0.3 is 14.7 Å². The van der Waals surface area contributed by atoms with E-state index in [1.165, 1.54) is 0 Å². The zero-order valence-electron chi connectivity index (χ0n) is 9.19. The van der Waals surface area contributed by atoms with E-state index >= 15 is 0 Å². The Labute approximate surface area is 89.5 Å². The fraction of sp³-hybridized carbons (Fsp3) is 0.727. The molecule has 0 radical (unpaired) electrons. The maximum Gasteiger partial charge on any atom is 0.410 e. The third-order valence-corrected chi connectivity index (χ3v) is 3.34. The zero-order chi connectivity index (χ0) is 11.3. The van der Waals surface area contributed by atoms with E-state index in [1.54, 1.807) is 11.0 Å². The summed E-state index contributed by atoms with van der Waals surface area (Å²) in [6.07, 6.45) is 2.41. The molecule has 0 spiro atoms. The summed E-state index contributed by atoms with van der Waals surface area (Å²) in [5.41, 5.74) is -1.45. The van der Waals surface area contributed by atoms with Crippen molar-refractivity contribution in [3.05, 3.63) is 12.7 Å². The van der Waals surface area contributed by atoms with Gasteiger partial charge >= 0.3 is 6.09 Å². The van der Waals surface area contributed by atoms with Crippen molar-refractivity contribution in [3.63, 3.8) is 0 Å². The first kappa shape index (κ1) is 10.5. The van der Waals surface area contributed by atoms with Crippen LogP contribution < -0.4 is 0 Å². The monoisotopic (exact) mass is 211 g/mol. The summed E-state index contributed by atoms with van der Waals surface area (Å²) in [4.78, 5) is 13.3. The number of ether oxygens (including phenoxy) is 1. The number of amides is 1. The maximum absolute atomic E-state index is 11.7. The third kappa shape index (κ3) is 1.53. The second-order valence-corrected chi connectivity index (χ2v) is 4.99. The number of hydrogen-bond donors (Lipinski definition) is 1. The van der Waals surface area contributed by atoms with Crippen LogP contribution in [-0.2, 0) is 4.74 Å². The molecule has 2 atom stereocenters. The van der Waals surface area contributed by atoms with E-state index in [9.17, 15) is 9.90 Å². The van der Waals surface area contributed by atoms with E-state index in [0.29, 0.717) is 19.4 Å². The van der Waals surface area contributed by atoms with Gasteiger partial charge in [0, 0.05) is 13.0 Å². The highest BCUT2D eigenvalue weighted by Crippen LogP contribution is 2.39. The van der Waals surface area contributed by atoms with Crippen molar-refractivity contribution in [1.29, 1.82) is 0 Å². The number of cyclic esters (lactones) is 1. The summed E-state index contributed by atoms with van der Waals surface area (Å²) < 4.78 is 5.27. The minimum Gasteiger partial charge on any atom is -0.443 e. The lowest BCUT2D eigenvalue weighted by molar-refractivity contribution is -0.0686. The summed E-state index contributed by atoms with van der Waals surface area (Å²) in [6.45, 7) is 7.92. The number of fused-ring (bicyclic) bond motifs is 1. The predicted octanol–water partition coefficient (Wildman–Crippen LogP) is 1.30. The van der Waals surface area contributed by atoms with Gasteiger partial charge in [-0.3, -0.25) is 0 Å². The second-order valence-electron chi connectivity index (χ2n) is 4.99. The van der Waals surface area contributed by atoms with Crippen molar-refractivity contribution >= 4 is 6.09 Å². The molecule has 0 aromatic carbocycles. The van der Waals surface area contributed by atoms with Crippen molar-refractivity contribution < 1.29 is 14.6 Å². The maximum atomic E-state index is 11.7. The van der Waals surface area contributed by atoms with E-state index in [2.05, 4.69) is 6.58 Å². The molecule has 15 heavy (non-hydrogen) atoms. The van der Waals surface area contributed by atoms with E-state index in [-0.39, 0.29) is 12.1 Å². The SMILES string of the molecule is C=C[C@]1(O)CCN2C(=O)OC(C)(C)C[C@H]21. The molecule has 1 N–H and O–H groups in total. The fourth-order valence-electron chi connectivity index (χ4n) is 2.44. The molecule has 2 heterocycles. The first-order valence-electron chi connectivity index (χ1n) is 5.23. The van der Waals surface area contributed by atoms with E-state index in [0.717, 1.165) is 0 Å². The lowest BCUT2D eigenvalue weighted by Gasteiger charge is -2.42. The second kappa shape index (κ2) is 2.98. The molecule has 4 nitrogen and oxygen atoms in total. The quantitative estimate of drug-likeness (QED) is 0.665. The van der Waals surface area contributed by atoms with Gasteiger partial charge in [-0.1, -0.05) is 6.08 Å². The molecule has 0 aromatic heterocycles. The minimum atomic E-state index is -0.948. The molecule has 1 amide bonds. The summed E-state index contributed by atoms with van der Waals surface area (Å²) >= 11 is 0. The highest BCUT2D eigenvalue weighted by Gasteiger charge is 2.52. The molecule has 4 heteroatoms. The van der Waals surface area contributed by atoms with Crippen LogP contribution in [0.25, 0.3) is 0 Å². The molecule has 2 aliphatic rings. The van der Waals surface area contributed by atoms with E-state index in [1.807, 2.05) is 13.8 Å². The van der Waals surface area contributed by atoms with Gasteiger partial charge in [0.25, 0.3) is 0 Å². The minimum absolute atomic E-state index is 0.189. The Morgan fingerprint density at radius 3 is 2.93 bits per heavy atom. The molecule has 84 valence electrons. The molecular weight excluding hydrogens is 194 g/mol. The topological polar surface area (TPSA) is 49.8 Å². The Morgan fingerprint density at radius 1 is 1.67 bits per heavy atom. The van der Waals surface area contributed by atoms with Crippen molar-refractivity contribution in [2.24, 2.45) is 0 Å². The molecule has 0 bridgehead atoms. The van der Waals surface area contributed by atoms with Gasteiger partial charge in [0.2, 0.25) is 0 Å². The Bertz CT molecular complexity index is 313. The number of carbonyl (C=O) groups excluding carboxylic acids is 1. The standard InChI is InChI=1S/C11H17NO3/c1-4-11(14)5-6-12-8(11)7-10(2,3)15-9(12)13/h4,8,14H,1,5-7H2,2-3H3/t8-,11-/m0/s1. The first-order valence-corrected chi connectivity index (χ1v) is 5.23. The summed E-state index contributed by atoms with van der Waals surface area (Å²) in [5, 5.41) is 10.3. The third-order valence-electron chi connectivity index (χ3n) is 3.34. The van der Waals surface area contributed by atoms with Gasteiger partial charge in [0.1, 0.15) is 11.2 Å². The summed E-state index contributed by atoms with van der Waals surface area (Å²) in [7, 11) is 0. The fourth-order valence-corrected chi connectivity index (χ4v) is 2.44. The van der Waals surface area contributed by atoms with Crippen LogP contribution in [0.15, 0.2) is 12.7 Å². The van der Waals surface area contributed by atoms with Gasteiger partial charge in [-0.25, -0.2) is 4.79 Å². The van der Waals surface area contributed by atoms with Crippen molar-refractivity contribution in [2.75, 3.05) is 6.54 Å². The lowest BCUT2D eigenvalue weighted by atomic mass is 9.86. The predicted molar refractivity (Wildman–Crippen MR) is 55.4 cm³/mol. The van der Waals surface area contributed by atoms with Crippen molar-refractivity contribution in [2.45, 2.75) is 43.9 Å². The Hall–Kier alpha value is -1.03. The van der Waals surface area contributed by atoms with Crippen LogP contribution in [0.3, 0.4) is 0 Å². The number of carbonyl (C=O) groups is 1. The molecule has 0 aromatic rings. The van der Waals surface area contributed by atoms with Crippen LogP contribution in [0.2, 0.25) is 0 Å². The molecule has 0 aliphatic carbocycles. The Balaban J connectivity index is 2.30. The van der Waals surface area contributed by atoms with Gasteiger partial charge in [0.05, 0.1) is 6.04 Å². The first-order chi connectivity index (χ1) is 6.88. The van der Waals surface area contributed by atoms with Gasteiger partial charge in [-0.2, -0.15) is 0 Å². The van der Waals surface area contributed by atoms with Crippen LogP contribution in [0.1, 0.15) is 26.7 Å². The van der Waals surface area contributed by atoms with Crippen LogP contribution in [0.5, 0.6) is 0 Å². The molecule has 0 saturated carbocycles. The Kier molecular flexibility index (Phi) is 2.08. The largest absolute Gasteiger partial charge is 0.443 e. The molecule has 2 saturated heterocycles. The number of rotatable bonds is 1. The highest BCUT2D eigenvalue weighted by molar-refractivity contribution is 5.70. The summed E-state index contributed by atoms with van der Waals surface area (Å²) in [5.74, 6) is 0. The van der Waals surface area contributed by atoms with Crippen LogP contribution in [0, 0.1) is 0 Å². The highest BCUT2D eigenvalue weighted by atomic mass is 16.6. The molecule has 2 rings (SSSR count). The van der Waals surface area contributed by atoms with Crippen molar-refractivity contribution in [1.82, 2.24) is 4.90 Å². The van der Waals surface area contributed by atoms with E-state index in [4.69, 9.17) is 4.74 Å². The number of hydrogen-bond acceptors (Lipinski definition) is 3. The number of aliphatic hydroxyl groups is 1. The Morgan fingerprint density at radius 2 is 2.33 bits per heavy atom. The van der Waals surface area contributed by atoms with Crippen LogP contribution in [-0.4, -0.2) is 39.9 Å². The van der Waals surface area contributed by atoms with Crippen LogP contribution in [0.4, 0.5) is 4.79 Å². The van der Waals surface area contributed by atoms with E-state index < -0.39 is 11.2 Å². The molecule has 2 aliphatic heterocycles. The van der Waals surface area contributed by atoms with Gasteiger partial charge in [0.15, 0.2) is 0 Å². The zero-order valence-corrected chi connectivity index (χ0v) is 9.19. The van der Waals surface area contributed by atoms with Gasteiger partial charge in [-0.05, 0) is 20.3 Å². The normalized spacial score (nSPS) is 38.5. The molecule has 2 fully saturated rings. The molecular formula is C11H17NO3. The van der Waals surface area contributed by atoms with Crippen LogP contribution >= 0.6 is 0 Å².